The SMILES string of the molecule is CCCCCCCCC(CC(C)CC(C)(C)C)NC. The summed E-state index contributed by atoms with van der Waals surface area (Å²) in [6, 6.07) is 0.725. The Hall–Kier alpha value is -0.0400. The van der Waals surface area contributed by atoms with Gasteiger partial charge in [-0.05, 0) is 37.6 Å². The fraction of sp³-hybridized carbons (Fsp3) is 1.00. The summed E-state index contributed by atoms with van der Waals surface area (Å²) in [5.74, 6) is 0.831. The number of hydrogen-bond acceptors (Lipinski definition) is 1. The van der Waals surface area contributed by atoms with E-state index in [0.29, 0.717) is 5.41 Å². The summed E-state index contributed by atoms with van der Waals surface area (Å²) in [5.41, 5.74) is 0.470. The first-order valence-corrected chi connectivity index (χ1v) is 8.56. The van der Waals surface area contributed by atoms with Crippen molar-refractivity contribution in [3.63, 3.8) is 0 Å². The van der Waals surface area contributed by atoms with E-state index < -0.39 is 0 Å². The molecular weight excluding hydrogens is 230 g/mol. The average Bonchev–Trinajstić information content (AvgIpc) is 2.29. The van der Waals surface area contributed by atoms with Crippen LogP contribution in [0.3, 0.4) is 0 Å². The highest BCUT2D eigenvalue weighted by Crippen LogP contribution is 2.27. The molecule has 0 radical (unpaired) electrons. The molecule has 0 aromatic carbocycles. The zero-order chi connectivity index (χ0) is 14.7. The van der Waals surface area contributed by atoms with Crippen molar-refractivity contribution in [2.45, 2.75) is 98.4 Å². The summed E-state index contributed by atoms with van der Waals surface area (Å²) < 4.78 is 0. The van der Waals surface area contributed by atoms with E-state index in [4.69, 9.17) is 0 Å². The Bertz CT molecular complexity index is 192. The zero-order valence-corrected chi connectivity index (χ0v) is 14.5. The first kappa shape index (κ1) is 19.0. The summed E-state index contributed by atoms with van der Waals surface area (Å²) in [6.45, 7) is 11.8. The fourth-order valence-electron chi connectivity index (χ4n) is 3.17. The second-order valence-electron chi connectivity index (χ2n) is 7.65. The highest BCUT2D eigenvalue weighted by atomic mass is 14.9. The van der Waals surface area contributed by atoms with Gasteiger partial charge >= 0.3 is 0 Å². The summed E-state index contributed by atoms with van der Waals surface area (Å²) in [6.07, 6.45) is 12.5. The lowest BCUT2D eigenvalue weighted by Crippen LogP contribution is -2.28. The van der Waals surface area contributed by atoms with Gasteiger partial charge in [0.1, 0.15) is 0 Å². The predicted molar refractivity (Wildman–Crippen MR) is 88.7 cm³/mol. The molecule has 116 valence electrons. The monoisotopic (exact) mass is 269 g/mol. The predicted octanol–water partition coefficient (Wildman–Crippen LogP) is 5.79. The van der Waals surface area contributed by atoms with Crippen LogP contribution in [0.2, 0.25) is 0 Å². The van der Waals surface area contributed by atoms with E-state index in [-0.39, 0.29) is 0 Å². The quantitative estimate of drug-likeness (QED) is 0.468. The number of nitrogens with one attached hydrogen (secondary N) is 1. The Labute approximate surface area is 122 Å². The van der Waals surface area contributed by atoms with Crippen LogP contribution in [0.15, 0.2) is 0 Å². The molecule has 0 aromatic heterocycles. The van der Waals surface area contributed by atoms with E-state index in [0.717, 1.165) is 12.0 Å². The average molecular weight is 270 g/mol. The summed E-state index contributed by atoms with van der Waals surface area (Å²) in [4.78, 5) is 0. The van der Waals surface area contributed by atoms with E-state index >= 15 is 0 Å². The molecular formula is C18H39N. The van der Waals surface area contributed by atoms with Gasteiger partial charge in [-0.15, -0.1) is 0 Å². The molecule has 19 heavy (non-hydrogen) atoms. The van der Waals surface area contributed by atoms with Gasteiger partial charge in [0.25, 0.3) is 0 Å². The molecule has 0 bridgehead atoms. The number of unbranched alkanes of at least 4 members (excludes halogenated alkanes) is 5. The molecule has 1 nitrogen and oxygen atoms in total. The summed E-state index contributed by atoms with van der Waals surface area (Å²) in [7, 11) is 2.13. The minimum absolute atomic E-state index is 0.470. The number of rotatable bonds is 11. The van der Waals surface area contributed by atoms with Crippen molar-refractivity contribution < 1.29 is 0 Å². The summed E-state index contributed by atoms with van der Waals surface area (Å²) in [5, 5.41) is 3.52. The molecule has 0 rings (SSSR count). The van der Waals surface area contributed by atoms with E-state index in [1.807, 2.05) is 0 Å². The zero-order valence-electron chi connectivity index (χ0n) is 14.5. The Morgan fingerprint density at radius 1 is 0.947 bits per heavy atom. The van der Waals surface area contributed by atoms with Crippen LogP contribution in [0.25, 0.3) is 0 Å². The van der Waals surface area contributed by atoms with Crippen LogP contribution in [0, 0.1) is 11.3 Å². The van der Waals surface area contributed by atoms with Gasteiger partial charge in [-0.2, -0.15) is 0 Å². The first-order chi connectivity index (χ1) is 8.89. The Morgan fingerprint density at radius 3 is 2.05 bits per heavy atom. The molecule has 2 unspecified atom stereocenters. The smallest absolute Gasteiger partial charge is 0.00666 e. The van der Waals surface area contributed by atoms with Crippen LogP contribution in [-0.4, -0.2) is 13.1 Å². The fourth-order valence-corrected chi connectivity index (χ4v) is 3.17. The molecule has 0 aliphatic rings. The van der Waals surface area contributed by atoms with Gasteiger partial charge in [0.05, 0.1) is 0 Å². The molecule has 1 heteroatoms. The van der Waals surface area contributed by atoms with Crippen molar-refractivity contribution in [2.24, 2.45) is 11.3 Å². The molecule has 1 N–H and O–H groups in total. The van der Waals surface area contributed by atoms with Gasteiger partial charge in [0, 0.05) is 6.04 Å². The maximum absolute atomic E-state index is 3.52. The minimum Gasteiger partial charge on any atom is -0.317 e. The molecule has 0 aromatic rings. The highest BCUT2D eigenvalue weighted by molar-refractivity contribution is 4.73. The normalized spacial score (nSPS) is 15.5. The van der Waals surface area contributed by atoms with Gasteiger partial charge in [0.2, 0.25) is 0 Å². The van der Waals surface area contributed by atoms with Gasteiger partial charge in [-0.3, -0.25) is 0 Å². The third-order valence-electron chi connectivity index (χ3n) is 3.96. The van der Waals surface area contributed by atoms with Crippen LogP contribution in [0.4, 0.5) is 0 Å². The largest absolute Gasteiger partial charge is 0.317 e. The number of hydrogen-bond donors (Lipinski definition) is 1. The second-order valence-corrected chi connectivity index (χ2v) is 7.65. The molecule has 0 aliphatic heterocycles. The van der Waals surface area contributed by atoms with Crippen LogP contribution < -0.4 is 5.32 Å². The molecule has 0 saturated heterocycles. The molecule has 0 aliphatic carbocycles. The van der Waals surface area contributed by atoms with Crippen molar-refractivity contribution in [1.82, 2.24) is 5.32 Å². The van der Waals surface area contributed by atoms with E-state index in [2.05, 4.69) is 47.0 Å². The second kappa shape index (κ2) is 10.7. The lowest BCUT2D eigenvalue weighted by molar-refractivity contribution is 0.272. The van der Waals surface area contributed by atoms with Crippen molar-refractivity contribution in [2.75, 3.05) is 7.05 Å². The molecule has 0 fully saturated rings. The highest BCUT2D eigenvalue weighted by Gasteiger charge is 2.18. The van der Waals surface area contributed by atoms with Crippen molar-refractivity contribution in [1.29, 1.82) is 0 Å². The molecule has 0 heterocycles. The van der Waals surface area contributed by atoms with Crippen LogP contribution >= 0.6 is 0 Å². The Morgan fingerprint density at radius 2 is 1.53 bits per heavy atom. The topological polar surface area (TPSA) is 12.0 Å². The standard InChI is InChI=1S/C18H39N/c1-7-8-9-10-11-12-13-17(19-6)14-16(2)15-18(3,4)5/h16-17,19H,7-15H2,1-6H3. The van der Waals surface area contributed by atoms with Crippen LogP contribution in [0.5, 0.6) is 0 Å². The van der Waals surface area contributed by atoms with Gasteiger partial charge in [-0.25, -0.2) is 0 Å². The maximum atomic E-state index is 3.52. The molecule has 2 atom stereocenters. The van der Waals surface area contributed by atoms with E-state index in [1.165, 1.54) is 57.8 Å². The third-order valence-corrected chi connectivity index (χ3v) is 3.96. The lowest BCUT2D eigenvalue weighted by Gasteiger charge is -2.26. The van der Waals surface area contributed by atoms with Crippen molar-refractivity contribution in [3.8, 4) is 0 Å². The lowest BCUT2D eigenvalue weighted by atomic mass is 9.82. The van der Waals surface area contributed by atoms with Crippen LogP contribution in [0.1, 0.15) is 92.4 Å². The molecule has 0 spiro atoms. The van der Waals surface area contributed by atoms with Crippen molar-refractivity contribution >= 4 is 0 Å². The van der Waals surface area contributed by atoms with E-state index in [9.17, 15) is 0 Å². The van der Waals surface area contributed by atoms with E-state index in [1.54, 1.807) is 0 Å². The summed E-state index contributed by atoms with van der Waals surface area (Å²) >= 11 is 0. The molecule has 0 amide bonds. The van der Waals surface area contributed by atoms with Gasteiger partial charge < -0.3 is 5.32 Å². The van der Waals surface area contributed by atoms with Gasteiger partial charge in [-0.1, -0.05) is 73.1 Å². The Balaban J connectivity index is 3.70. The minimum atomic E-state index is 0.470. The van der Waals surface area contributed by atoms with Crippen LogP contribution in [-0.2, 0) is 0 Å². The third kappa shape index (κ3) is 12.7. The maximum Gasteiger partial charge on any atom is 0.00666 e. The molecule has 0 saturated carbocycles. The first-order valence-electron chi connectivity index (χ1n) is 8.56. The Kier molecular flexibility index (Phi) is 10.7. The van der Waals surface area contributed by atoms with Gasteiger partial charge in [0.15, 0.2) is 0 Å². The van der Waals surface area contributed by atoms with Crippen molar-refractivity contribution in [3.05, 3.63) is 0 Å².